The highest BCUT2D eigenvalue weighted by molar-refractivity contribution is 5.85. The Bertz CT molecular complexity index is 1530. The van der Waals surface area contributed by atoms with Crippen molar-refractivity contribution in [2.24, 2.45) is 0 Å². The van der Waals surface area contributed by atoms with Crippen molar-refractivity contribution in [1.82, 2.24) is 0 Å². The molecule has 6 heteroatoms. The predicted molar refractivity (Wildman–Crippen MR) is 124 cm³/mol. The van der Waals surface area contributed by atoms with E-state index in [1.807, 2.05) is 55.5 Å². The first-order valence-electron chi connectivity index (χ1n) is 11.1. The summed E-state index contributed by atoms with van der Waals surface area (Å²) in [5.74, 6) is 0.264. The van der Waals surface area contributed by atoms with Crippen LogP contribution < -0.4 is 14.2 Å². The summed E-state index contributed by atoms with van der Waals surface area (Å²) < 4.78 is 19.7. The molecule has 7 rings (SSSR count). The Morgan fingerprint density at radius 1 is 0.588 bits per heavy atom. The number of phenolic OH excluding ortho intramolecular Hbond substituents is 3. The lowest BCUT2D eigenvalue weighted by molar-refractivity contribution is -0.181. The van der Waals surface area contributed by atoms with E-state index in [-0.39, 0.29) is 23.7 Å². The minimum absolute atomic E-state index is 0.0174. The molecule has 6 nitrogen and oxygen atoms in total. The van der Waals surface area contributed by atoms with Gasteiger partial charge in [-0.05, 0) is 43.3 Å². The molecule has 34 heavy (non-hydrogen) atoms. The highest BCUT2D eigenvalue weighted by Crippen LogP contribution is 2.62. The Kier molecular flexibility index (Phi) is 3.48. The molecule has 0 aliphatic carbocycles. The molecule has 3 N–H and O–H groups in total. The van der Waals surface area contributed by atoms with Gasteiger partial charge in [0.15, 0.2) is 0 Å². The van der Waals surface area contributed by atoms with E-state index in [4.69, 9.17) is 14.2 Å². The lowest BCUT2D eigenvalue weighted by Crippen LogP contribution is -2.53. The number of benzene rings is 4. The molecule has 3 aliphatic rings. The summed E-state index contributed by atoms with van der Waals surface area (Å²) in [7, 11) is 0. The van der Waals surface area contributed by atoms with Crippen molar-refractivity contribution < 1.29 is 29.5 Å². The summed E-state index contributed by atoms with van der Waals surface area (Å²) in [5, 5.41) is 32.7. The molecule has 0 fully saturated rings. The zero-order valence-corrected chi connectivity index (χ0v) is 18.2. The van der Waals surface area contributed by atoms with Crippen LogP contribution in [0.3, 0.4) is 0 Å². The highest BCUT2D eigenvalue weighted by Gasteiger charge is 2.58. The topological polar surface area (TPSA) is 88.4 Å². The Morgan fingerprint density at radius 3 is 1.82 bits per heavy atom. The molecule has 3 heterocycles. The predicted octanol–water partition coefficient (Wildman–Crippen LogP) is 5.77. The maximum Gasteiger partial charge on any atom is 0.286 e. The molecule has 0 amide bonds. The lowest BCUT2D eigenvalue weighted by Gasteiger charge is -2.50. The summed E-state index contributed by atoms with van der Waals surface area (Å²) in [5.41, 5.74) is 2.67. The number of hydrogen-bond donors (Lipinski definition) is 3. The minimum atomic E-state index is -1.48. The van der Waals surface area contributed by atoms with Crippen LogP contribution in [0.25, 0.3) is 22.3 Å². The first kappa shape index (κ1) is 19.2. The van der Waals surface area contributed by atoms with Crippen molar-refractivity contribution in [2.75, 3.05) is 0 Å². The summed E-state index contributed by atoms with van der Waals surface area (Å²) in [6.45, 7) is 1.93. The molecule has 3 aliphatic heterocycles. The Labute approximate surface area is 195 Å². The molecular formula is C28H20O6. The van der Waals surface area contributed by atoms with Crippen molar-refractivity contribution in [2.45, 2.75) is 24.7 Å². The third kappa shape index (κ3) is 2.29. The summed E-state index contributed by atoms with van der Waals surface area (Å²) in [6.07, 6.45) is 0.163. The van der Waals surface area contributed by atoms with E-state index in [0.717, 1.165) is 11.1 Å². The number of hydrogen-bond acceptors (Lipinski definition) is 6. The molecule has 0 saturated carbocycles. The first-order chi connectivity index (χ1) is 16.4. The fourth-order valence-electron chi connectivity index (χ4n) is 5.72. The fourth-order valence-corrected chi connectivity index (χ4v) is 5.72. The standard InChI is InChI=1S/C28H20O6/c1-27-14-28(25-19(31)11-10-17(29)23(25)16-7-3-5-9-21(16)33-28)34-22-13-12-18(30)24(26(22)27)15-6-2-4-8-20(15)32-27/h2-13,29-31H,14H2,1H3/t27-,28-/m0/s1. The van der Waals surface area contributed by atoms with E-state index in [1.54, 1.807) is 12.1 Å². The van der Waals surface area contributed by atoms with Crippen molar-refractivity contribution in [3.63, 3.8) is 0 Å². The highest BCUT2D eigenvalue weighted by atomic mass is 16.7. The van der Waals surface area contributed by atoms with Crippen LogP contribution in [0.4, 0.5) is 0 Å². The van der Waals surface area contributed by atoms with E-state index in [0.29, 0.717) is 39.5 Å². The quantitative estimate of drug-likeness (QED) is 0.294. The summed E-state index contributed by atoms with van der Waals surface area (Å²) in [4.78, 5) is 0. The van der Waals surface area contributed by atoms with Crippen LogP contribution in [0.15, 0.2) is 72.8 Å². The molecule has 0 aromatic heterocycles. The van der Waals surface area contributed by atoms with Gasteiger partial charge in [0.1, 0.15) is 40.1 Å². The Balaban J connectivity index is 1.53. The van der Waals surface area contributed by atoms with Crippen LogP contribution in [0.2, 0.25) is 0 Å². The number of para-hydroxylation sites is 2. The van der Waals surface area contributed by atoms with Crippen molar-refractivity contribution >= 4 is 0 Å². The van der Waals surface area contributed by atoms with E-state index in [2.05, 4.69) is 0 Å². The van der Waals surface area contributed by atoms with Gasteiger partial charge in [-0.2, -0.15) is 0 Å². The second-order valence-corrected chi connectivity index (χ2v) is 9.15. The van der Waals surface area contributed by atoms with Crippen LogP contribution in [-0.4, -0.2) is 15.3 Å². The lowest BCUT2D eigenvalue weighted by atomic mass is 9.75. The van der Waals surface area contributed by atoms with Crippen molar-refractivity contribution in [3.05, 3.63) is 83.9 Å². The maximum atomic E-state index is 11.0. The number of ether oxygens (including phenoxy) is 3. The molecule has 4 aromatic rings. The molecule has 168 valence electrons. The third-order valence-corrected chi connectivity index (χ3v) is 6.98. The smallest absolute Gasteiger partial charge is 0.286 e. The third-order valence-electron chi connectivity index (χ3n) is 6.98. The molecule has 2 atom stereocenters. The van der Waals surface area contributed by atoms with Gasteiger partial charge in [-0.25, -0.2) is 0 Å². The number of rotatable bonds is 0. The second kappa shape index (κ2) is 6.17. The fraction of sp³-hybridized carbons (Fsp3) is 0.143. The summed E-state index contributed by atoms with van der Waals surface area (Å²) >= 11 is 0. The first-order valence-corrected chi connectivity index (χ1v) is 11.1. The molecule has 0 saturated heterocycles. The van der Waals surface area contributed by atoms with Crippen molar-refractivity contribution in [1.29, 1.82) is 0 Å². The van der Waals surface area contributed by atoms with Gasteiger partial charge < -0.3 is 29.5 Å². The molecule has 1 spiro atoms. The van der Waals surface area contributed by atoms with Gasteiger partial charge >= 0.3 is 0 Å². The van der Waals surface area contributed by atoms with E-state index in [1.165, 1.54) is 12.1 Å². The Morgan fingerprint density at radius 2 is 1.12 bits per heavy atom. The van der Waals surface area contributed by atoms with E-state index in [9.17, 15) is 15.3 Å². The van der Waals surface area contributed by atoms with Gasteiger partial charge in [-0.1, -0.05) is 36.4 Å². The molecule has 0 bridgehead atoms. The zero-order valence-electron chi connectivity index (χ0n) is 18.2. The normalized spacial score (nSPS) is 22.9. The monoisotopic (exact) mass is 452 g/mol. The average Bonchev–Trinajstić information content (AvgIpc) is 2.82. The zero-order chi connectivity index (χ0) is 23.2. The van der Waals surface area contributed by atoms with Gasteiger partial charge in [0.05, 0.1) is 12.0 Å². The van der Waals surface area contributed by atoms with Gasteiger partial charge in [0, 0.05) is 27.8 Å². The van der Waals surface area contributed by atoms with Crippen LogP contribution in [0, 0.1) is 0 Å². The SMILES string of the molecule is C[C@]12C[C@]3(Oc4ccccc4-c4c(O)ccc(O)c43)Oc3ccc(O)c(c31)-c1ccccc1O2. The Hall–Kier alpha value is -4.32. The van der Waals surface area contributed by atoms with E-state index < -0.39 is 11.4 Å². The maximum absolute atomic E-state index is 11.0. The number of phenols is 3. The molecule has 0 unspecified atom stereocenters. The van der Waals surface area contributed by atoms with Crippen LogP contribution in [0.1, 0.15) is 24.5 Å². The number of fused-ring (bicyclic) bond motifs is 6. The largest absolute Gasteiger partial charge is 0.507 e. The van der Waals surface area contributed by atoms with Crippen LogP contribution >= 0.6 is 0 Å². The summed E-state index contributed by atoms with van der Waals surface area (Å²) in [6, 6.07) is 21.1. The number of aromatic hydroxyl groups is 3. The van der Waals surface area contributed by atoms with Gasteiger partial charge in [0.2, 0.25) is 0 Å². The molecule has 0 radical (unpaired) electrons. The van der Waals surface area contributed by atoms with Gasteiger partial charge in [0.25, 0.3) is 5.79 Å². The van der Waals surface area contributed by atoms with Crippen LogP contribution in [0.5, 0.6) is 34.5 Å². The van der Waals surface area contributed by atoms with Gasteiger partial charge in [-0.3, -0.25) is 0 Å². The van der Waals surface area contributed by atoms with Crippen LogP contribution in [-0.2, 0) is 11.4 Å². The minimum Gasteiger partial charge on any atom is -0.507 e. The second-order valence-electron chi connectivity index (χ2n) is 9.15. The van der Waals surface area contributed by atoms with Gasteiger partial charge in [-0.15, -0.1) is 0 Å². The van der Waals surface area contributed by atoms with E-state index >= 15 is 0 Å². The van der Waals surface area contributed by atoms with Crippen molar-refractivity contribution in [3.8, 4) is 56.8 Å². The molecular weight excluding hydrogens is 432 g/mol. The average molecular weight is 452 g/mol. The molecule has 4 aromatic carbocycles.